The van der Waals surface area contributed by atoms with Gasteiger partial charge in [0.2, 0.25) is 0 Å². The van der Waals surface area contributed by atoms with Crippen molar-refractivity contribution in [1.29, 1.82) is 0 Å². The van der Waals surface area contributed by atoms with Crippen LogP contribution in [0.15, 0.2) is 30.3 Å². The first-order valence-electron chi connectivity index (χ1n) is 10.3. The molecule has 30 heavy (non-hydrogen) atoms. The molecular formula is C22H32N2O6. The first kappa shape index (κ1) is 23.5. The number of amides is 2. The zero-order chi connectivity index (χ0) is 22.1. The molecule has 0 aliphatic carbocycles. The largest absolute Gasteiger partial charge is 0.465 e. The fourth-order valence-electron chi connectivity index (χ4n) is 3.19. The van der Waals surface area contributed by atoms with Gasteiger partial charge in [0.1, 0.15) is 18.8 Å². The number of carbonyl (C=O) groups is 3. The van der Waals surface area contributed by atoms with Crippen LogP contribution in [0.5, 0.6) is 0 Å². The SMILES string of the molecule is CCOC(=O)CN(C(=O)OCc1ccccc1)[C@H]1CCCN(C(=O)OC(C)(C)C)C1. The second-order valence-electron chi connectivity index (χ2n) is 8.20. The van der Waals surface area contributed by atoms with Gasteiger partial charge in [-0.1, -0.05) is 30.3 Å². The molecule has 1 fully saturated rings. The third-order valence-electron chi connectivity index (χ3n) is 4.53. The maximum atomic E-state index is 12.8. The summed E-state index contributed by atoms with van der Waals surface area (Å²) >= 11 is 0. The number of rotatable bonds is 6. The van der Waals surface area contributed by atoms with E-state index in [0.29, 0.717) is 19.4 Å². The van der Waals surface area contributed by atoms with Gasteiger partial charge in [0.05, 0.1) is 12.6 Å². The summed E-state index contributed by atoms with van der Waals surface area (Å²) in [7, 11) is 0. The molecule has 1 aromatic carbocycles. The van der Waals surface area contributed by atoms with Crippen molar-refractivity contribution in [3.05, 3.63) is 35.9 Å². The smallest absolute Gasteiger partial charge is 0.410 e. The topological polar surface area (TPSA) is 85.4 Å². The van der Waals surface area contributed by atoms with Crippen LogP contribution >= 0.6 is 0 Å². The van der Waals surface area contributed by atoms with Crippen molar-refractivity contribution in [3.8, 4) is 0 Å². The molecule has 0 unspecified atom stereocenters. The summed E-state index contributed by atoms with van der Waals surface area (Å²) in [6, 6.07) is 8.95. The molecule has 0 saturated carbocycles. The molecule has 0 bridgehead atoms. The number of esters is 1. The van der Waals surface area contributed by atoms with E-state index in [1.807, 2.05) is 30.3 Å². The third kappa shape index (κ3) is 7.57. The van der Waals surface area contributed by atoms with Gasteiger partial charge in [0.15, 0.2) is 0 Å². The lowest BCUT2D eigenvalue weighted by atomic mass is 10.0. The molecule has 1 saturated heterocycles. The van der Waals surface area contributed by atoms with E-state index in [0.717, 1.165) is 5.56 Å². The molecule has 1 aliphatic rings. The van der Waals surface area contributed by atoms with Gasteiger partial charge >= 0.3 is 18.2 Å². The fraction of sp³-hybridized carbons (Fsp3) is 0.591. The van der Waals surface area contributed by atoms with Crippen molar-refractivity contribution in [2.45, 2.75) is 58.8 Å². The monoisotopic (exact) mass is 420 g/mol. The predicted molar refractivity (Wildman–Crippen MR) is 111 cm³/mol. The second kappa shape index (κ2) is 10.8. The summed E-state index contributed by atoms with van der Waals surface area (Å²) in [4.78, 5) is 40.3. The Morgan fingerprint density at radius 1 is 1.13 bits per heavy atom. The molecule has 1 aliphatic heterocycles. The number of hydrogen-bond acceptors (Lipinski definition) is 6. The average molecular weight is 421 g/mol. The van der Waals surface area contributed by atoms with Gasteiger partial charge in [-0.2, -0.15) is 0 Å². The van der Waals surface area contributed by atoms with Crippen LogP contribution in [0.4, 0.5) is 9.59 Å². The van der Waals surface area contributed by atoms with E-state index in [1.54, 1.807) is 32.6 Å². The molecule has 8 nitrogen and oxygen atoms in total. The van der Waals surface area contributed by atoms with E-state index < -0.39 is 23.8 Å². The molecule has 0 N–H and O–H groups in total. The van der Waals surface area contributed by atoms with Crippen LogP contribution in [-0.2, 0) is 25.6 Å². The third-order valence-corrected chi connectivity index (χ3v) is 4.53. The van der Waals surface area contributed by atoms with Crippen molar-refractivity contribution >= 4 is 18.2 Å². The van der Waals surface area contributed by atoms with Crippen LogP contribution in [0.25, 0.3) is 0 Å². The van der Waals surface area contributed by atoms with Gasteiger partial charge in [0, 0.05) is 13.1 Å². The van der Waals surface area contributed by atoms with Crippen molar-refractivity contribution in [2.24, 2.45) is 0 Å². The normalized spacial score (nSPS) is 16.5. The van der Waals surface area contributed by atoms with Crippen LogP contribution < -0.4 is 0 Å². The zero-order valence-corrected chi connectivity index (χ0v) is 18.3. The Morgan fingerprint density at radius 3 is 2.47 bits per heavy atom. The molecule has 0 spiro atoms. The van der Waals surface area contributed by atoms with E-state index >= 15 is 0 Å². The van der Waals surface area contributed by atoms with Crippen LogP contribution in [0.3, 0.4) is 0 Å². The highest BCUT2D eigenvalue weighted by Gasteiger charge is 2.34. The van der Waals surface area contributed by atoms with Crippen molar-refractivity contribution < 1.29 is 28.6 Å². The molecule has 0 radical (unpaired) electrons. The number of nitrogens with zero attached hydrogens (tertiary/aromatic N) is 2. The standard InChI is InChI=1S/C22H32N2O6/c1-5-28-19(25)15-24(21(27)29-16-17-10-7-6-8-11-17)18-12-9-13-23(14-18)20(26)30-22(2,3)4/h6-8,10-11,18H,5,9,12-16H2,1-4H3/t18-/m0/s1. The van der Waals surface area contributed by atoms with Gasteiger partial charge in [-0.05, 0) is 46.1 Å². The van der Waals surface area contributed by atoms with E-state index in [1.165, 1.54) is 4.90 Å². The van der Waals surface area contributed by atoms with E-state index in [-0.39, 0.29) is 32.3 Å². The number of benzene rings is 1. The Balaban J connectivity index is 2.07. The minimum absolute atomic E-state index is 0.0987. The summed E-state index contributed by atoms with van der Waals surface area (Å²) in [5.74, 6) is -0.511. The predicted octanol–water partition coefficient (Wildman–Crippen LogP) is 3.59. The molecule has 1 aromatic rings. The van der Waals surface area contributed by atoms with Crippen LogP contribution in [0.2, 0.25) is 0 Å². The Bertz CT molecular complexity index is 716. The molecule has 2 amide bonds. The lowest BCUT2D eigenvalue weighted by molar-refractivity contribution is -0.144. The van der Waals surface area contributed by atoms with Crippen LogP contribution in [0.1, 0.15) is 46.1 Å². The minimum atomic E-state index is -0.608. The molecule has 1 heterocycles. The van der Waals surface area contributed by atoms with Gasteiger partial charge in [0.25, 0.3) is 0 Å². The first-order valence-corrected chi connectivity index (χ1v) is 10.3. The number of ether oxygens (including phenoxy) is 3. The summed E-state index contributed by atoms with van der Waals surface area (Å²) in [6.45, 7) is 8.03. The fourth-order valence-corrected chi connectivity index (χ4v) is 3.19. The molecule has 0 aromatic heterocycles. The highest BCUT2D eigenvalue weighted by molar-refractivity contribution is 5.78. The maximum absolute atomic E-state index is 12.8. The Kier molecular flexibility index (Phi) is 8.50. The van der Waals surface area contributed by atoms with Gasteiger partial charge in [-0.3, -0.25) is 9.69 Å². The summed E-state index contributed by atoms with van der Waals surface area (Å²) in [6.07, 6.45) is 0.304. The minimum Gasteiger partial charge on any atom is -0.465 e. The average Bonchev–Trinajstić information content (AvgIpc) is 2.70. The Morgan fingerprint density at radius 2 is 1.83 bits per heavy atom. The summed E-state index contributed by atoms with van der Waals surface area (Å²) in [5, 5.41) is 0. The molecule has 8 heteroatoms. The number of likely N-dealkylation sites (tertiary alicyclic amines) is 1. The number of piperidine rings is 1. The first-order chi connectivity index (χ1) is 14.2. The number of carbonyl (C=O) groups excluding carboxylic acids is 3. The van der Waals surface area contributed by atoms with E-state index in [4.69, 9.17) is 14.2 Å². The number of hydrogen-bond donors (Lipinski definition) is 0. The second-order valence-corrected chi connectivity index (χ2v) is 8.20. The molecule has 1 atom stereocenters. The highest BCUT2D eigenvalue weighted by atomic mass is 16.6. The van der Waals surface area contributed by atoms with Gasteiger partial charge < -0.3 is 19.1 Å². The van der Waals surface area contributed by atoms with E-state index in [9.17, 15) is 14.4 Å². The van der Waals surface area contributed by atoms with Crippen LogP contribution in [-0.4, -0.2) is 65.8 Å². The molecule has 2 rings (SSSR count). The Hall–Kier alpha value is -2.77. The molecule has 166 valence electrons. The lowest BCUT2D eigenvalue weighted by Crippen LogP contribution is -2.54. The molecular weight excluding hydrogens is 388 g/mol. The highest BCUT2D eigenvalue weighted by Crippen LogP contribution is 2.20. The van der Waals surface area contributed by atoms with Crippen LogP contribution in [0, 0.1) is 0 Å². The maximum Gasteiger partial charge on any atom is 0.410 e. The van der Waals surface area contributed by atoms with E-state index in [2.05, 4.69) is 0 Å². The van der Waals surface area contributed by atoms with Crippen molar-refractivity contribution in [3.63, 3.8) is 0 Å². The lowest BCUT2D eigenvalue weighted by Gasteiger charge is -2.38. The quantitative estimate of drug-likeness (QED) is 0.516. The Labute approximate surface area is 178 Å². The van der Waals surface area contributed by atoms with Crippen molar-refractivity contribution in [2.75, 3.05) is 26.2 Å². The van der Waals surface area contributed by atoms with Gasteiger partial charge in [-0.15, -0.1) is 0 Å². The van der Waals surface area contributed by atoms with Gasteiger partial charge in [-0.25, -0.2) is 9.59 Å². The summed E-state index contributed by atoms with van der Waals surface area (Å²) in [5.41, 5.74) is 0.240. The zero-order valence-electron chi connectivity index (χ0n) is 18.3. The van der Waals surface area contributed by atoms with Crippen molar-refractivity contribution in [1.82, 2.24) is 9.80 Å². The summed E-state index contributed by atoms with van der Waals surface area (Å²) < 4.78 is 15.9.